The molecule has 32 heteroatoms. The third-order valence-corrected chi connectivity index (χ3v) is 13.3. The van der Waals surface area contributed by atoms with Gasteiger partial charge in [-0.1, -0.05) is 28.0 Å². The SMILES string of the molecule is O=C[C@H](CC(=O)O)NC(=O)[C@H](CC(=O)O)NNC(=O)CCCCCSSCCC(=O)Nc1ccn(C2CC(O)C(COP(=O)(O)OP(=O)(O)OP(=O)(O)O)O2)c(=O)n1. The Kier molecular flexibility index (Phi) is 21.3. The fourth-order valence-electron chi connectivity index (χ4n) is 4.51. The van der Waals surface area contributed by atoms with Crippen molar-refractivity contribution in [1.82, 2.24) is 25.7 Å². The molecule has 1 saturated heterocycles. The number of hydrazine groups is 1. The molecule has 0 spiro atoms. The maximum absolute atomic E-state index is 12.6. The molecule has 1 aliphatic rings. The number of carboxylic acids is 2. The fraction of sp³-hybridized carbons (Fsp3) is 0.615. The molecule has 0 bridgehead atoms. The van der Waals surface area contributed by atoms with Crippen LogP contribution in [0.4, 0.5) is 5.82 Å². The molecule has 0 aliphatic carbocycles. The molecule has 1 aliphatic heterocycles. The number of aliphatic hydroxyl groups excluding tert-OH is 1. The fourth-order valence-corrected chi connectivity index (χ4v) is 9.67. The molecule has 0 radical (unpaired) electrons. The molecule has 1 aromatic heterocycles. The molecule has 0 saturated carbocycles. The number of aliphatic carboxylic acids is 2. The molecule has 2 rings (SSSR count). The van der Waals surface area contributed by atoms with Crippen molar-refractivity contribution in [2.24, 2.45) is 0 Å². The van der Waals surface area contributed by atoms with Crippen molar-refractivity contribution in [3.63, 3.8) is 0 Å². The number of aliphatic hydroxyl groups is 1. The molecule has 5 unspecified atom stereocenters. The van der Waals surface area contributed by atoms with Gasteiger partial charge in [0.1, 0.15) is 30.5 Å². The van der Waals surface area contributed by atoms with Crippen LogP contribution in [0, 0.1) is 0 Å². The monoisotopic (exact) mass is 930 g/mol. The lowest BCUT2D eigenvalue weighted by atomic mass is 10.1. The minimum absolute atomic E-state index is 0.0402. The number of rotatable bonds is 28. The highest BCUT2D eigenvalue weighted by molar-refractivity contribution is 8.76. The smallest absolute Gasteiger partial charge is 0.481 e. The van der Waals surface area contributed by atoms with E-state index in [0.29, 0.717) is 30.8 Å². The molecule has 11 N–H and O–H groups in total. The summed E-state index contributed by atoms with van der Waals surface area (Å²) in [5.41, 5.74) is 3.61. The van der Waals surface area contributed by atoms with Crippen molar-refractivity contribution < 1.29 is 95.2 Å². The quantitative estimate of drug-likeness (QED) is 0.0160. The Hall–Kier alpha value is -3.11. The molecule has 3 amide bonds. The van der Waals surface area contributed by atoms with Crippen molar-refractivity contribution in [1.29, 1.82) is 0 Å². The number of phosphoric ester groups is 1. The summed E-state index contributed by atoms with van der Waals surface area (Å²) < 4.78 is 52.2. The van der Waals surface area contributed by atoms with E-state index in [4.69, 9.17) is 24.7 Å². The largest absolute Gasteiger partial charge is 0.490 e. The normalized spacial score (nSPS) is 19.8. The van der Waals surface area contributed by atoms with Gasteiger partial charge in [0, 0.05) is 37.0 Å². The summed E-state index contributed by atoms with van der Waals surface area (Å²) in [5, 5.41) is 32.7. The average Bonchev–Trinajstić information content (AvgIpc) is 3.45. The summed E-state index contributed by atoms with van der Waals surface area (Å²) >= 11 is 0. The molecular formula is C26H41N6O21P3S2. The number of aromatic nitrogens is 2. The van der Waals surface area contributed by atoms with E-state index in [1.165, 1.54) is 33.9 Å². The van der Waals surface area contributed by atoms with Crippen LogP contribution in [-0.2, 0) is 60.3 Å². The number of hydrogen-bond acceptors (Lipinski definition) is 19. The van der Waals surface area contributed by atoms with E-state index in [2.05, 4.69) is 39.6 Å². The van der Waals surface area contributed by atoms with E-state index in [-0.39, 0.29) is 31.4 Å². The summed E-state index contributed by atoms with van der Waals surface area (Å²) in [6.45, 7) is -0.943. The number of phosphoric acid groups is 3. The van der Waals surface area contributed by atoms with Crippen LogP contribution in [-0.4, -0.2) is 123 Å². The van der Waals surface area contributed by atoms with Crippen LogP contribution in [0.5, 0.6) is 0 Å². The molecular weight excluding hydrogens is 889 g/mol. The lowest BCUT2D eigenvalue weighted by Crippen LogP contribution is -2.54. The first-order chi connectivity index (χ1) is 27.0. The van der Waals surface area contributed by atoms with Crippen LogP contribution >= 0.6 is 45.1 Å². The van der Waals surface area contributed by atoms with Gasteiger partial charge < -0.3 is 55.1 Å². The summed E-state index contributed by atoms with van der Waals surface area (Å²) in [7, 11) is -14.0. The minimum atomic E-state index is -5.76. The lowest BCUT2D eigenvalue weighted by molar-refractivity contribution is -0.142. The van der Waals surface area contributed by atoms with Crippen molar-refractivity contribution in [2.75, 3.05) is 23.4 Å². The van der Waals surface area contributed by atoms with Crippen LogP contribution in [0.2, 0.25) is 0 Å². The molecule has 1 fully saturated rings. The van der Waals surface area contributed by atoms with Crippen LogP contribution in [0.1, 0.15) is 57.6 Å². The maximum Gasteiger partial charge on any atom is 0.490 e. The number of unbranched alkanes of at least 4 members (excludes halogenated alkanes) is 2. The maximum atomic E-state index is 12.6. The number of nitrogens with zero attached hydrogens (tertiary/aromatic N) is 2. The number of carbonyl (C=O) groups is 6. The predicted molar refractivity (Wildman–Crippen MR) is 197 cm³/mol. The average molecular weight is 931 g/mol. The van der Waals surface area contributed by atoms with E-state index in [9.17, 15) is 62.2 Å². The van der Waals surface area contributed by atoms with Crippen LogP contribution < -0.4 is 27.2 Å². The van der Waals surface area contributed by atoms with Crippen LogP contribution in [0.15, 0.2) is 17.1 Å². The van der Waals surface area contributed by atoms with Crippen molar-refractivity contribution in [2.45, 2.75) is 81.9 Å². The lowest BCUT2D eigenvalue weighted by Gasteiger charge is -2.19. The van der Waals surface area contributed by atoms with Gasteiger partial charge in [-0.15, -0.1) is 0 Å². The van der Waals surface area contributed by atoms with Crippen molar-refractivity contribution >= 4 is 86.8 Å². The van der Waals surface area contributed by atoms with E-state index >= 15 is 0 Å². The van der Waals surface area contributed by atoms with Crippen LogP contribution in [0.3, 0.4) is 0 Å². The second-order valence-corrected chi connectivity index (χ2v) is 18.9. The second kappa shape index (κ2) is 24.2. The molecule has 0 aromatic carbocycles. The molecule has 328 valence electrons. The summed E-state index contributed by atoms with van der Waals surface area (Å²) in [4.78, 5) is 122. The van der Waals surface area contributed by atoms with Crippen LogP contribution in [0.25, 0.3) is 0 Å². The Morgan fingerprint density at radius 3 is 2.24 bits per heavy atom. The van der Waals surface area contributed by atoms with Gasteiger partial charge in [-0.3, -0.25) is 38.5 Å². The zero-order valence-electron chi connectivity index (χ0n) is 29.8. The standard InChI is InChI=1S/C26H41N6O21P3S2/c33-13-15(10-23(37)38)27-25(41)16(11-24(39)40)30-31-21(36)4-2-1-3-8-57-58-9-6-20(35)28-19-5-7-32(26(42)29-19)22-12-17(34)18(51-22)14-50-55(46,47)53-56(48,49)52-54(43,44)45/h5,7,13,15-18,22,30,34H,1-4,6,8-12,14H2,(H,27,41)(H,31,36)(H,37,38)(H,39,40)(H,46,47)(H,48,49)(H2,43,44,45)(H,28,29,35,42)/t15-,16-,17?,18?,22?/m0/s1. The highest BCUT2D eigenvalue weighted by Crippen LogP contribution is 2.66. The Morgan fingerprint density at radius 2 is 1.62 bits per heavy atom. The van der Waals surface area contributed by atoms with Gasteiger partial charge in [0.05, 0.1) is 31.6 Å². The number of nitrogens with one attached hydrogen (secondary N) is 4. The van der Waals surface area contributed by atoms with E-state index in [1.54, 1.807) is 0 Å². The summed E-state index contributed by atoms with van der Waals surface area (Å²) in [6.07, 6.45) is -2.38. The van der Waals surface area contributed by atoms with Gasteiger partial charge in [0.2, 0.25) is 17.7 Å². The predicted octanol–water partition coefficient (Wildman–Crippen LogP) is -0.872. The van der Waals surface area contributed by atoms with Gasteiger partial charge in [0.15, 0.2) is 0 Å². The topological polar surface area (TPSA) is 415 Å². The Morgan fingerprint density at radius 1 is 0.948 bits per heavy atom. The Bertz CT molecular complexity index is 1820. The van der Waals surface area contributed by atoms with Crippen molar-refractivity contribution in [3.05, 3.63) is 22.7 Å². The van der Waals surface area contributed by atoms with E-state index in [0.717, 1.165) is 4.57 Å². The molecule has 1 aromatic rings. The van der Waals surface area contributed by atoms with E-state index < -0.39 is 109 Å². The number of amides is 3. The first-order valence-electron chi connectivity index (χ1n) is 16.5. The highest BCUT2D eigenvalue weighted by atomic mass is 33.1. The number of anilines is 1. The number of aldehydes is 1. The molecule has 58 heavy (non-hydrogen) atoms. The van der Waals surface area contributed by atoms with E-state index in [1.807, 2.05) is 0 Å². The molecule has 7 atom stereocenters. The Labute approximate surface area is 335 Å². The first-order valence-corrected chi connectivity index (χ1v) is 23.5. The summed E-state index contributed by atoms with van der Waals surface area (Å²) in [5.74, 6) is -3.74. The number of carbonyl (C=O) groups excluding carboxylic acids is 4. The van der Waals surface area contributed by atoms with Gasteiger partial charge in [0.25, 0.3) is 0 Å². The van der Waals surface area contributed by atoms with Gasteiger partial charge in [-0.05, 0) is 18.9 Å². The van der Waals surface area contributed by atoms with Gasteiger partial charge in [-0.25, -0.2) is 23.9 Å². The number of hydrogen-bond donors (Lipinski definition) is 11. The summed E-state index contributed by atoms with van der Waals surface area (Å²) in [6, 6.07) is -1.59. The Balaban J connectivity index is 1.66. The molecule has 27 nitrogen and oxygen atoms in total. The number of ether oxygens (including phenoxy) is 1. The zero-order valence-corrected chi connectivity index (χ0v) is 34.1. The first kappa shape index (κ1) is 51.0. The second-order valence-electron chi connectivity index (χ2n) is 11.8. The highest BCUT2D eigenvalue weighted by Gasteiger charge is 2.43. The third kappa shape index (κ3) is 20.7. The number of carboxylic acid groups (broad SMARTS) is 2. The molecule has 2 heterocycles. The van der Waals surface area contributed by atoms with Gasteiger partial charge >= 0.3 is 41.1 Å². The van der Waals surface area contributed by atoms with Crippen molar-refractivity contribution in [3.8, 4) is 0 Å². The minimum Gasteiger partial charge on any atom is -0.481 e. The van der Waals surface area contributed by atoms with Gasteiger partial charge in [-0.2, -0.15) is 13.6 Å². The third-order valence-electron chi connectivity index (χ3n) is 7.02. The zero-order chi connectivity index (χ0) is 43.7.